The Balaban J connectivity index is 2.02. The summed E-state index contributed by atoms with van der Waals surface area (Å²) in [6, 6.07) is 5.92. The summed E-state index contributed by atoms with van der Waals surface area (Å²) in [5.41, 5.74) is 1.11. The molecule has 0 aliphatic carbocycles. The second-order valence-electron chi connectivity index (χ2n) is 4.54. The molecule has 0 atom stereocenters. The lowest BCUT2D eigenvalue weighted by atomic mass is 10.1. The predicted octanol–water partition coefficient (Wildman–Crippen LogP) is 1.69. The molecule has 0 spiro atoms. The monoisotopic (exact) mass is 267 g/mol. The number of rotatable bonds is 6. The van der Waals surface area contributed by atoms with E-state index in [2.05, 4.69) is 4.84 Å². The van der Waals surface area contributed by atoms with Gasteiger partial charge in [-0.25, -0.2) is 5.90 Å². The highest BCUT2D eigenvalue weighted by Crippen LogP contribution is 2.30. The highest BCUT2D eigenvalue weighted by atomic mass is 16.6. The maximum absolute atomic E-state index is 5.98. The molecule has 1 aliphatic heterocycles. The van der Waals surface area contributed by atoms with E-state index in [-0.39, 0.29) is 6.10 Å². The first-order valence-corrected chi connectivity index (χ1v) is 6.56. The molecule has 2 N–H and O–H groups in total. The van der Waals surface area contributed by atoms with Gasteiger partial charge in [-0.15, -0.1) is 0 Å². The van der Waals surface area contributed by atoms with Crippen molar-refractivity contribution < 1.29 is 19.0 Å². The van der Waals surface area contributed by atoms with Crippen LogP contribution in [0, 0.1) is 0 Å². The van der Waals surface area contributed by atoms with Crippen LogP contribution < -0.4 is 15.4 Å². The van der Waals surface area contributed by atoms with Crippen LogP contribution in [0.4, 0.5) is 0 Å². The molecule has 106 valence electrons. The second kappa shape index (κ2) is 7.33. The number of hydrogen-bond acceptors (Lipinski definition) is 5. The Kier molecular flexibility index (Phi) is 5.44. The summed E-state index contributed by atoms with van der Waals surface area (Å²) in [4.78, 5) is 4.59. The molecule has 1 aliphatic rings. The van der Waals surface area contributed by atoms with E-state index in [9.17, 15) is 0 Å². The van der Waals surface area contributed by atoms with Crippen molar-refractivity contribution in [1.29, 1.82) is 0 Å². The van der Waals surface area contributed by atoms with Crippen molar-refractivity contribution in [3.8, 4) is 11.5 Å². The Labute approximate surface area is 113 Å². The smallest absolute Gasteiger partial charge is 0.161 e. The molecule has 19 heavy (non-hydrogen) atoms. The molecular weight excluding hydrogens is 246 g/mol. The van der Waals surface area contributed by atoms with Crippen LogP contribution in [-0.4, -0.2) is 33.0 Å². The molecule has 1 heterocycles. The van der Waals surface area contributed by atoms with Gasteiger partial charge < -0.3 is 19.0 Å². The number of ether oxygens (including phenoxy) is 3. The maximum Gasteiger partial charge on any atom is 0.161 e. The molecule has 5 nitrogen and oxygen atoms in total. The standard InChI is InChI=1S/C14H21NO4/c1-16-14-10-11(4-9-18-15)2-3-13(14)19-12-5-7-17-8-6-12/h2-3,10,12H,4-9,15H2,1H3. The van der Waals surface area contributed by atoms with Crippen LogP contribution >= 0.6 is 0 Å². The summed E-state index contributed by atoms with van der Waals surface area (Å²) in [5.74, 6) is 6.57. The zero-order valence-electron chi connectivity index (χ0n) is 11.3. The van der Waals surface area contributed by atoms with E-state index in [1.54, 1.807) is 7.11 Å². The topological polar surface area (TPSA) is 62.9 Å². The minimum atomic E-state index is 0.209. The number of hydrogen-bond donors (Lipinski definition) is 1. The number of methoxy groups -OCH3 is 1. The van der Waals surface area contributed by atoms with Crippen LogP contribution in [0.5, 0.6) is 11.5 Å². The molecule has 1 aromatic rings. The lowest BCUT2D eigenvalue weighted by Gasteiger charge is -2.24. The summed E-state index contributed by atoms with van der Waals surface area (Å²) in [6.07, 6.45) is 2.81. The van der Waals surface area contributed by atoms with Crippen LogP contribution in [0.25, 0.3) is 0 Å². The lowest BCUT2D eigenvalue weighted by Crippen LogP contribution is -2.26. The van der Waals surface area contributed by atoms with Crippen molar-refractivity contribution in [3.05, 3.63) is 23.8 Å². The molecule has 0 amide bonds. The highest BCUT2D eigenvalue weighted by Gasteiger charge is 2.17. The summed E-state index contributed by atoms with van der Waals surface area (Å²) in [5, 5.41) is 0. The first kappa shape index (κ1) is 14.1. The Morgan fingerprint density at radius 1 is 1.26 bits per heavy atom. The van der Waals surface area contributed by atoms with Gasteiger partial charge in [0.15, 0.2) is 11.5 Å². The van der Waals surface area contributed by atoms with Gasteiger partial charge in [0.25, 0.3) is 0 Å². The quantitative estimate of drug-likeness (QED) is 0.795. The van der Waals surface area contributed by atoms with Crippen molar-refractivity contribution in [3.63, 3.8) is 0 Å². The molecule has 0 saturated carbocycles. The Bertz CT molecular complexity index is 391. The summed E-state index contributed by atoms with van der Waals surface area (Å²) in [7, 11) is 1.65. The summed E-state index contributed by atoms with van der Waals surface area (Å²) in [6.45, 7) is 2.02. The molecule has 0 bridgehead atoms. The second-order valence-corrected chi connectivity index (χ2v) is 4.54. The van der Waals surface area contributed by atoms with E-state index in [0.717, 1.165) is 49.5 Å². The molecule has 0 radical (unpaired) electrons. The average Bonchev–Trinajstić information content (AvgIpc) is 2.47. The van der Waals surface area contributed by atoms with Crippen molar-refractivity contribution in [2.45, 2.75) is 25.4 Å². The molecule has 2 rings (SSSR count). The molecular formula is C14H21NO4. The third-order valence-corrected chi connectivity index (χ3v) is 3.20. The van der Waals surface area contributed by atoms with Gasteiger partial charge in [-0.3, -0.25) is 0 Å². The Morgan fingerprint density at radius 3 is 2.74 bits per heavy atom. The minimum Gasteiger partial charge on any atom is -0.493 e. The Hall–Kier alpha value is -1.30. The fraction of sp³-hybridized carbons (Fsp3) is 0.571. The van der Waals surface area contributed by atoms with E-state index >= 15 is 0 Å². The van der Waals surface area contributed by atoms with Gasteiger partial charge in [0.1, 0.15) is 6.10 Å². The van der Waals surface area contributed by atoms with Crippen LogP contribution in [0.3, 0.4) is 0 Å². The van der Waals surface area contributed by atoms with E-state index < -0.39 is 0 Å². The zero-order chi connectivity index (χ0) is 13.5. The lowest BCUT2D eigenvalue weighted by molar-refractivity contribution is 0.0245. The first-order chi connectivity index (χ1) is 9.33. The highest BCUT2D eigenvalue weighted by molar-refractivity contribution is 5.43. The average molecular weight is 267 g/mol. The molecule has 1 saturated heterocycles. The largest absolute Gasteiger partial charge is 0.493 e. The Morgan fingerprint density at radius 2 is 2.05 bits per heavy atom. The van der Waals surface area contributed by atoms with E-state index in [1.165, 1.54) is 0 Å². The zero-order valence-corrected chi connectivity index (χ0v) is 11.3. The molecule has 1 aromatic carbocycles. The summed E-state index contributed by atoms with van der Waals surface area (Å²) >= 11 is 0. The van der Waals surface area contributed by atoms with Crippen molar-refractivity contribution in [1.82, 2.24) is 0 Å². The maximum atomic E-state index is 5.98. The van der Waals surface area contributed by atoms with Gasteiger partial charge in [-0.1, -0.05) is 6.07 Å². The fourth-order valence-corrected chi connectivity index (χ4v) is 2.12. The van der Waals surface area contributed by atoms with E-state index in [0.29, 0.717) is 6.61 Å². The number of benzene rings is 1. The third-order valence-electron chi connectivity index (χ3n) is 3.20. The van der Waals surface area contributed by atoms with E-state index in [4.69, 9.17) is 20.1 Å². The number of nitrogens with two attached hydrogens (primary N) is 1. The molecule has 0 aromatic heterocycles. The fourth-order valence-electron chi connectivity index (χ4n) is 2.12. The van der Waals surface area contributed by atoms with Gasteiger partial charge >= 0.3 is 0 Å². The van der Waals surface area contributed by atoms with Crippen LogP contribution in [0.1, 0.15) is 18.4 Å². The normalized spacial score (nSPS) is 16.3. The minimum absolute atomic E-state index is 0.209. The first-order valence-electron chi connectivity index (χ1n) is 6.56. The van der Waals surface area contributed by atoms with Crippen LogP contribution in [-0.2, 0) is 16.0 Å². The molecule has 0 unspecified atom stereocenters. The van der Waals surface area contributed by atoms with Gasteiger partial charge in [0.05, 0.1) is 26.9 Å². The van der Waals surface area contributed by atoms with Crippen molar-refractivity contribution in [2.24, 2.45) is 5.90 Å². The predicted molar refractivity (Wildman–Crippen MR) is 71.3 cm³/mol. The third kappa shape index (κ3) is 4.09. The van der Waals surface area contributed by atoms with Gasteiger partial charge in [0, 0.05) is 12.8 Å². The van der Waals surface area contributed by atoms with Crippen LogP contribution in [0.2, 0.25) is 0 Å². The molecule has 5 heteroatoms. The van der Waals surface area contributed by atoms with Gasteiger partial charge in [-0.05, 0) is 24.1 Å². The van der Waals surface area contributed by atoms with Gasteiger partial charge in [-0.2, -0.15) is 0 Å². The van der Waals surface area contributed by atoms with Crippen molar-refractivity contribution in [2.75, 3.05) is 26.9 Å². The molecule has 1 fully saturated rings. The summed E-state index contributed by atoms with van der Waals surface area (Å²) < 4.78 is 16.7. The van der Waals surface area contributed by atoms with Crippen LogP contribution in [0.15, 0.2) is 18.2 Å². The van der Waals surface area contributed by atoms with E-state index in [1.807, 2.05) is 18.2 Å². The van der Waals surface area contributed by atoms with Crippen molar-refractivity contribution >= 4 is 0 Å². The SMILES string of the molecule is COc1cc(CCON)ccc1OC1CCOCC1. The van der Waals surface area contributed by atoms with Gasteiger partial charge in [0.2, 0.25) is 0 Å².